The zero-order valence-electron chi connectivity index (χ0n) is 12.4. The van der Waals surface area contributed by atoms with Crippen molar-refractivity contribution in [2.24, 2.45) is 0 Å². The van der Waals surface area contributed by atoms with E-state index < -0.39 is 16.1 Å². The standard InChI is InChI=1S/C12H18BrN3O5S/c1-8(2)15-12(17)21-5-4-20-11-10(16-22(3,18)19)6-9(13)7-14-11/h6-8,16H,4-5H2,1-3H3,(H,15,17). The molecule has 0 spiro atoms. The number of nitrogens with zero attached hydrogens (tertiary/aromatic N) is 1. The highest BCUT2D eigenvalue weighted by atomic mass is 79.9. The molecule has 1 heterocycles. The van der Waals surface area contributed by atoms with Crippen molar-refractivity contribution in [3.05, 3.63) is 16.7 Å². The molecule has 1 amide bonds. The van der Waals surface area contributed by atoms with Gasteiger partial charge in [-0.1, -0.05) is 0 Å². The fourth-order valence-electron chi connectivity index (χ4n) is 1.36. The third-order valence-corrected chi connectivity index (χ3v) is 3.10. The Bertz CT molecular complexity index is 621. The maximum atomic E-state index is 11.3. The molecule has 22 heavy (non-hydrogen) atoms. The molecular formula is C12H18BrN3O5S. The molecule has 0 unspecified atom stereocenters. The van der Waals surface area contributed by atoms with Gasteiger partial charge in [-0.05, 0) is 35.8 Å². The number of hydrogen-bond donors (Lipinski definition) is 2. The van der Waals surface area contributed by atoms with E-state index in [0.717, 1.165) is 6.26 Å². The fourth-order valence-corrected chi connectivity index (χ4v) is 2.24. The molecule has 1 aromatic rings. The maximum Gasteiger partial charge on any atom is 0.407 e. The molecule has 0 bridgehead atoms. The molecule has 0 saturated carbocycles. The minimum atomic E-state index is -3.46. The molecule has 0 aliphatic heterocycles. The number of alkyl carbamates (subject to hydrolysis) is 1. The Morgan fingerprint density at radius 3 is 2.68 bits per heavy atom. The van der Waals surface area contributed by atoms with Crippen molar-refractivity contribution in [1.29, 1.82) is 0 Å². The SMILES string of the molecule is CC(C)NC(=O)OCCOc1ncc(Br)cc1NS(C)(=O)=O. The molecule has 8 nitrogen and oxygen atoms in total. The summed E-state index contributed by atoms with van der Waals surface area (Å²) in [4.78, 5) is 15.2. The van der Waals surface area contributed by atoms with Gasteiger partial charge in [0.15, 0.2) is 0 Å². The molecule has 0 aliphatic rings. The monoisotopic (exact) mass is 395 g/mol. The van der Waals surface area contributed by atoms with Gasteiger partial charge in [0.2, 0.25) is 15.9 Å². The van der Waals surface area contributed by atoms with E-state index in [4.69, 9.17) is 9.47 Å². The average Bonchev–Trinajstić information content (AvgIpc) is 2.33. The van der Waals surface area contributed by atoms with E-state index in [1.807, 2.05) is 13.8 Å². The van der Waals surface area contributed by atoms with Crippen molar-refractivity contribution in [2.75, 3.05) is 24.2 Å². The van der Waals surface area contributed by atoms with Gasteiger partial charge in [-0.2, -0.15) is 0 Å². The van der Waals surface area contributed by atoms with E-state index in [0.29, 0.717) is 4.47 Å². The van der Waals surface area contributed by atoms with Gasteiger partial charge in [0.25, 0.3) is 0 Å². The molecule has 10 heteroatoms. The molecule has 2 N–H and O–H groups in total. The molecule has 0 radical (unpaired) electrons. The predicted molar refractivity (Wildman–Crippen MR) is 85.5 cm³/mol. The lowest BCUT2D eigenvalue weighted by Crippen LogP contribution is -2.31. The number of anilines is 1. The van der Waals surface area contributed by atoms with Crippen molar-refractivity contribution < 1.29 is 22.7 Å². The Hall–Kier alpha value is -1.55. The van der Waals surface area contributed by atoms with Crippen molar-refractivity contribution in [1.82, 2.24) is 10.3 Å². The first-order chi connectivity index (χ1) is 10.2. The number of carbonyl (C=O) groups is 1. The summed E-state index contributed by atoms with van der Waals surface area (Å²) in [6.07, 6.45) is 1.95. The quantitative estimate of drug-likeness (QED) is 0.680. The lowest BCUT2D eigenvalue weighted by molar-refractivity contribution is 0.122. The third kappa shape index (κ3) is 7.46. The van der Waals surface area contributed by atoms with Crippen LogP contribution in [-0.4, -0.2) is 45.0 Å². The van der Waals surface area contributed by atoms with Crippen LogP contribution in [0.3, 0.4) is 0 Å². The number of amides is 1. The molecular weight excluding hydrogens is 378 g/mol. The second kappa shape index (κ2) is 8.18. The molecule has 0 atom stereocenters. The van der Waals surface area contributed by atoms with Gasteiger partial charge in [0.1, 0.15) is 18.9 Å². The van der Waals surface area contributed by atoms with Gasteiger partial charge in [-0.3, -0.25) is 4.72 Å². The Morgan fingerprint density at radius 1 is 1.41 bits per heavy atom. The summed E-state index contributed by atoms with van der Waals surface area (Å²) >= 11 is 3.20. The van der Waals surface area contributed by atoms with E-state index in [-0.39, 0.29) is 30.8 Å². The average molecular weight is 396 g/mol. The van der Waals surface area contributed by atoms with Crippen LogP contribution in [0.1, 0.15) is 13.8 Å². The Balaban J connectivity index is 2.57. The van der Waals surface area contributed by atoms with Gasteiger partial charge >= 0.3 is 6.09 Å². The first kappa shape index (κ1) is 18.5. The van der Waals surface area contributed by atoms with Crippen LogP contribution in [0.5, 0.6) is 5.88 Å². The van der Waals surface area contributed by atoms with Gasteiger partial charge in [0, 0.05) is 16.7 Å². The number of aromatic nitrogens is 1. The molecule has 1 rings (SSSR count). The van der Waals surface area contributed by atoms with Crippen LogP contribution >= 0.6 is 15.9 Å². The first-order valence-electron chi connectivity index (χ1n) is 6.37. The van der Waals surface area contributed by atoms with Crippen LogP contribution in [-0.2, 0) is 14.8 Å². The summed E-state index contributed by atoms with van der Waals surface area (Å²) in [5.41, 5.74) is 0.198. The zero-order chi connectivity index (χ0) is 16.8. The summed E-state index contributed by atoms with van der Waals surface area (Å²) < 4.78 is 35.7. The number of nitrogens with one attached hydrogen (secondary N) is 2. The zero-order valence-corrected chi connectivity index (χ0v) is 14.8. The third-order valence-electron chi connectivity index (χ3n) is 2.07. The minimum Gasteiger partial charge on any atom is -0.473 e. The Labute approximate surface area is 137 Å². The van der Waals surface area contributed by atoms with Crippen molar-refractivity contribution in [3.8, 4) is 5.88 Å². The van der Waals surface area contributed by atoms with Crippen LogP contribution in [0, 0.1) is 0 Å². The predicted octanol–water partition coefficient (Wildman–Crippen LogP) is 1.73. The van der Waals surface area contributed by atoms with Gasteiger partial charge in [-0.25, -0.2) is 18.2 Å². The summed E-state index contributed by atoms with van der Waals surface area (Å²) in [5.74, 6) is 0.0986. The maximum absolute atomic E-state index is 11.3. The largest absolute Gasteiger partial charge is 0.473 e. The summed E-state index contributed by atoms with van der Waals surface area (Å²) in [7, 11) is -3.46. The number of ether oxygens (including phenoxy) is 2. The van der Waals surface area contributed by atoms with Crippen LogP contribution in [0.15, 0.2) is 16.7 Å². The number of sulfonamides is 1. The molecule has 0 saturated heterocycles. The van der Waals surface area contributed by atoms with Crippen LogP contribution < -0.4 is 14.8 Å². The van der Waals surface area contributed by atoms with E-state index in [9.17, 15) is 13.2 Å². The minimum absolute atomic E-state index is 0.00854. The lowest BCUT2D eigenvalue weighted by Gasteiger charge is -2.12. The van der Waals surface area contributed by atoms with Crippen molar-refractivity contribution in [3.63, 3.8) is 0 Å². The summed E-state index contributed by atoms with van der Waals surface area (Å²) in [5, 5.41) is 2.56. The molecule has 0 fully saturated rings. The van der Waals surface area contributed by atoms with Crippen molar-refractivity contribution >= 4 is 37.7 Å². The molecule has 0 aromatic carbocycles. The van der Waals surface area contributed by atoms with Crippen molar-refractivity contribution in [2.45, 2.75) is 19.9 Å². The first-order valence-corrected chi connectivity index (χ1v) is 9.05. The van der Waals surface area contributed by atoms with Crippen LogP contribution in [0.4, 0.5) is 10.5 Å². The number of halogens is 1. The smallest absolute Gasteiger partial charge is 0.407 e. The van der Waals surface area contributed by atoms with Gasteiger partial charge < -0.3 is 14.8 Å². The van der Waals surface area contributed by atoms with E-state index in [1.165, 1.54) is 12.3 Å². The van der Waals surface area contributed by atoms with Gasteiger partial charge in [0.05, 0.1) is 6.26 Å². The highest BCUT2D eigenvalue weighted by Crippen LogP contribution is 2.26. The van der Waals surface area contributed by atoms with Gasteiger partial charge in [-0.15, -0.1) is 0 Å². The number of carbonyl (C=O) groups excluding carboxylic acids is 1. The highest BCUT2D eigenvalue weighted by molar-refractivity contribution is 9.10. The molecule has 1 aromatic heterocycles. The topological polar surface area (TPSA) is 107 Å². The van der Waals surface area contributed by atoms with Crippen LogP contribution in [0.2, 0.25) is 0 Å². The van der Waals surface area contributed by atoms with E-state index >= 15 is 0 Å². The second-order valence-electron chi connectivity index (χ2n) is 4.66. The number of pyridine rings is 1. The highest BCUT2D eigenvalue weighted by Gasteiger charge is 2.11. The normalized spacial score (nSPS) is 11.1. The van der Waals surface area contributed by atoms with Crippen LogP contribution in [0.25, 0.3) is 0 Å². The second-order valence-corrected chi connectivity index (χ2v) is 7.33. The summed E-state index contributed by atoms with van der Waals surface area (Å²) in [6, 6.07) is 1.50. The lowest BCUT2D eigenvalue weighted by atomic mass is 10.4. The Morgan fingerprint density at radius 2 is 2.09 bits per heavy atom. The fraction of sp³-hybridized carbons (Fsp3) is 0.500. The van der Waals surface area contributed by atoms with E-state index in [2.05, 4.69) is 31.0 Å². The summed E-state index contributed by atoms with van der Waals surface area (Å²) in [6.45, 7) is 3.67. The van der Waals surface area contributed by atoms with E-state index in [1.54, 1.807) is 0 Å². The number of rotatable bonds is 7. The molecule has 0 aliphatic carbocycles. The molecule has 124 valence electrons. The Kier molecular flexibility index (Phi) is 6.88. The number of hydrogen-bond acceptors (Lipinski definition) is 6.